The highest BCUT2D eigenvalue weighted by Crippen LogP contribution is 2.21. The largest absolute Gasteiger partial charge is 0.378 e. The van der Waals surface area contributed by atoms with Gasteiger partial charge in [-0.25, -0.2) is 9.59 Å². The Bertz CT molecular complexity index is 1110. The van der Waals surface area contributed by atoms with Crippen LogP contribution in [0.5, 0.6) is 0 Å². The topological polar surface area (TPSA) is 264 Å². The highest BCUT2D eigenvalue weighted by atomic mass is 32.2. The van der Waals surface area contributed by atoms with Crippen molar-refractivity contribution in [2.75, 3.05) is 39.6 Å². The Morgan fingerprint density at radius 2 is 0.949 bits per heavy atom. The number of nitrogens with zero attached hydrogens (tertiary/aromatic N) is 2. The summed E-state index contributed by atoms with van der Waals surface area (Å²) in [5.41, 5.74) is 0. The summed E-state index contributed by atoms with van der Waals surface area (Å²) in [6.07, 6.45) is -2.49. The van der Waals surface area contributed by atoms with E-state index in [1.165, 1.54) is 0 Å². The average molecular weight is 605 g/mol. The molecule has 0 radical (unpaired) electrons. The number of carbonyl (C=O) groups excluding carboxylic acids is 6. The van der Waals surface area contributed by atoms with E-state index in [2.05, 4.69) is 9.68 Å². The van der Waals surface area contributed by atoms with E-state index in [1.807, 2.05) is 0 Å². The lowest BCUT2D eigenvalue weighted by atomic mass is 10.4. The normalized spacial score (nSPS) is 20.2. The summed E-state index contributed by atoms with van der Waals surface area (Å²) in [4.78, 5) is 79.2. The quantitative estimate of drug-likeness (QED) is 0.0995. The van der Waals surface area contributed by atoms with Crippen molar-refractivity contribution < 1.29 is 78.6 Å². The van der Waals surface area contributed by atoms with Gasteiger partial charge in [-0.05, 0) is 0 Å². The average Bonchev–Trinajstić information content (AvgIpc) is 3.27. The van der Waals surface area contributed by atoms with Crippen LogP contribution in [0.25, 0.3) is 0 Å². The van der Waals surface area contributed by atoms with E-state index in [4.69, 9.17) is 23.3 Å². The Morgan fingerprint density at radius 1 is 0.641 bits per heavy atom. The molecule has 2 aliphatic rings. The molecule has 2 atom stereocenters. The molecule has 21 heteroatoms. The van der Waals surface area contributed by atoms with Gasteiger partial charge in [-0.15, -0.1) is 10.1 Å². The minimum Gasteiger partial charge on any atom is -0.378 e. The molecule has 0 bridgehead atoms. The highest BCUT2D eigenvalue weighted by molar-refractivity contribution is 7.87. The first kappa shape index (κ1) is 32.1. The molecule has 0 aromatic rings. The van der Waals surface area contributed by atoms with E-state index >= 15 is 0 Å². The maximum Gasteiger partial charge on any atom is 0.335 e. The third kappa shape index (κ3) is 9.56. The molecular weight excluding hydrogens is 580 g/mol. The van der Waals surface area contributed by atoms with Gasteiger partial charge < -0.3 is 23.9 Å². The summed E-state index contributed by atoms with van der Waals surface area (Å²) < 4.78 is 77.4. The van der Waals surface area contributed by atoms with Crippen LogP contribution < -0.4 is 0 Å². The van der Waals surface area contributed by atoms with Crippen LogP contribution in [0.3, 0.4) is 0 Å². The molecule has 2 heterocycles. The van der Waals surface area contributed by atoms with Gasteiger partial charge in [-0.3, -0.25) is 28.3 Å². The first-order valence-electron chi connectivity index (χ1n) is 10.9. The molecule has 2 N–H and O–H groups in total. The van der Waals surface area contributed by atoms with Gasteiger partial charge in [0, 0.05) is 0 Å². The molecule has 220 valence electrons. The minimum absolute atomic E-state index is 0.0196. The molecule has 0 aromatic heterocycles. The van der Waals surface area contributed by atoms with E-state index in [-0.39, 0.29) is 49.8 Å². The first-order chi connectivity index (χ1) is 18.1. The van der Waals surface area contributed by atoms with Crippen molar-refractivity contribution in [2.45, 2.75) is 36.2 Å². The van der Waals surface area contributed by atoms with Crippen molar-refractivity contribution in [3.8, 4) is 0 Å². The fraction of sp³-hybridized carbons (Fsp3) is 0.667. The van der Waals surface area contributed by atoms with Crippen LogP contribution in [0, 0.1) is 0 Å². The van der Waals surface area contributed by atoms with Crippen LogP contribution in [0.2, 0.25) is 0 Å². The summed E-state index contributed by atoms with van der Waals surface area (Å²) in [5, 5.41) is -4.10. The smallest absolute Gasteiger partial charge is 0.335 e. The van der Waals surface area contributed by atoms with E-state index in [1.54, 1.807) is 0 Å². The maximum absolute atomic E-state index is 11.8. The summed E-state index contributed by atoms with van der Waals surface area (Å²) in [6, 6.07) is 0. The van der Waals surface area contributed by atoms with Crippen molar-refractivity contribution in [1.82, 2.24) is 10.1 Å². The number of hydrogen-bond donors (Lipinski definition) is 2. The molecule has 0 aromatic carbocycles. The van der Waals surface area contributed by atoms with Crippen molar-refractivity contribution in [1.29, 1.82) is 0 Å². The van der Waals surface area contributed by atoms with E-state index in [0.29, 0.717) is 0 Å². The van der Waals surface area contributed by atoms with Crippen LogP contribution in [0.1, 0.15) is 25.7 Å². The third-order valence-corrected chi connectivity index (χ3v) is 7.05. The zero-order valence-electron chi connectivity index (χ0n) is 20.0. The number of rotatable bonds is 16. The van der Waals surface area contributed by atoms with Gasteiger partial charge in [0.2, 0.25) is 0 Å². The summed E-state index contributed by atoms with van der Waals surface area (Å²) in [6.45, 7) is -0.207. The van der Waals surface area contributed by atoms with Crippen LogP contribution in [0.15, 0.2) is 0 Å². The molecule has 0 spiro atoms. The Balaban J connectivity index is 1.48. The van der Waals surface area contributed by atoms with Crippen LogP contribution >= 0.6 is 0 Å². The second-order valence-electron chi connectivity index (χ2n) is 7.73. The van der Waals surface area contributed by atoms with Gasteiger partial charge in [0.25, 0.3) is 43.9 Å². The lowest BCUT2D eigenvalue weighted by Gasteiger charge is -2.13. The number of amides is 4. The zero-order valence-corrected chi connectivity index (χ0v) is 21.6. The first-order valence-corrected chi connectivity index (χ1v) is 13.9. The Labute approximate surface area is 220 Å². The monoisotopic (exact) mass is 604 g/mol. The van der Waals surface area contributed by atoms with Crippen molar-refractivity contribution in [3.05, 3.63) is 0 Å². The Morgan fingerprint density at radius 3 is 1.23 bits per heavy atom. The lowest BCUT2D eigenvalue weighted by molar-refractivity contribution is -0.198. The molecule has 39 heavy (non-hydrogen) atoms. The molecule has 2 unspecified atom stereocenters. The predicted octanol–water partition coefficient (Wildman–Crippen LogP) is -3.24. The Hall–Kier alpha value is -3.08. The standard InChI is InChI=1S/C18H24N2O17S2/c21-13-9-11(38(27,28)29)17(25)19(13)36-15(23)1-3-33-5-7-35-8-6-34-4-2-16(24)37-20-14(22)10-12(18(20)26)39(30,31)32/h11-12H,1-10H2,(H,27,28,29)(H,30,31,32). The summed E-state index contributed by atoms with van der Waals surface area (Å²) in [5.74, 6) is -7.08. The molecule has 2 fully saturated rings. The van der Waals surface area contributed by atoms with Crippen molar-refractivity contribution in [2.24, 2.45) is 0 Å². The molecule has 4 amide bonds. The number of ether oxygens (including phenoxy) is 3. The van der Waals surface area contributed by atoms with E-state index in [9.17, 15) is 45.6 Å². The highest BCUT2D eigenvalue weighted by Gasteiger charge is 2.49. The number of hydrogen-bond acceptors (Lipinski definition) is 15. The number of carbonyl (C=O) groups is 6. The minimum atomic E-state index is -4.83. The second kappa shape index (κ2) is 13.8. The van der Waals surface area contributed by atoms with Crippen LogP contribution in [0.4, 0.5) is 0 Å². The van der Waals surface area contributed by atoms with Gasteiger partial charge in [0.15, 0.2) is 10.5 Å². The van der Waals surface area contributed by atoms with Crippen LogP contribution in [-0.4, -0.2) is 122 Å². The van der Waals surface area contributed by atoms with Crippen molar-refractivity contribution >= 4 is 55.8 Å². The fourth-order valence-corrected chi connectivity index (χ4v) is 4.38. The van der Waals surface area contributed by atoms with E-state index in [0.717, 1.165) is 0 Å². The van der Waals surface area contributed by atoms with E-state index < -0.39 is 92.0 Å². The number of imide groups is 2. The van der Waals surface area contributed by atoms with Gasteiger partial charge in [-0.1, -0.05) is 0 Å². The summed E-state index contributed by atoms with van der Waals surface area (Å²) >= 11 is 0. The van der Waals surface area contributed by atoms with Gasteiger partial charge in [-0.2, -0.15) is 16.8 Å². The molecular formula is C18H24N2O17S2. The molecule has 0 saturated carbocycles. The molecule has 19 nitrogen and oxygen atoms in total. The fourth-order valence-electron chi connectivity index (χ4n) is 2.97. The van der Waals surface area contributed by atoms with Crippen LogP contribution in [-0.2, 0) is 72.9 Å². The van der Waals surface area contributed by atoms with Gasteiger partial charge in [0.05, 0.1) is 65.3 Å². The SMILES string of the molecule is O=C(CCOCCOCCOCCC(=O)ON1C(=O)CC(S(=O)(=O)O)C1=O)ON1C(=O)CC(S(=O)(=O)O)C1=O. The lowest BCUT2D eigenvalue weighted by Crippen LogP contribution is -2.36. The zero-order chi connectivity index (χ0) is 29.4. The maximum atomic E-state index is 11.8. The second-order valence-corrected chi connectivity index (χ2v) is 10.9. The molecule has 2 rings (SSSR count). The van der Waals surface area contributed by atoms with Crippen molar-refractivity contribution in [3.63, 3.8) is 0 Å². The third-order valence-electron chi connectivity index (χ3n) is 4.87. The van der Waals surface area contributed by atoms with Gasteiger partial charge >= 0.3 is 11.9 Å². The van der Waals surface area contributed by atoms with Gasteiger partial charge in [0.1, 0.15) is 0 Å². The Kier molecular flexibility index (Phi) is 11.4. The molecule has 0 aliphatic carbocycles. The summed E-state index contributed by atoms with van der Waals surface area (Å²) in [7, 11) is -9.66. The predicted molar refractivity (Wildman–Crippen MR) is 117 cm³/mol. The molecule has 2 saturated heterocycles. The molecule has 2 aliphatic heterocycles. The number of hydroxylamine groups is 4.